The van der Waals surface area contributed by atoms with Gasteiger partial charge in [-0.05, 0) is 30.2 Å². The number of carboxylic acid groups (broad SMARTS) is 1. The van der Waals surface area contributed by atoms with E-state index >= 15 is 0 Å². The van der Waals surface area contributed by atoms with E-state index in [9.17, 15) is 18.0 Å². The second-order valence-electron chi connectivity index (χ2n) is 4.70. The molecule has 0 aromatic heterocycles. The largest absolute Gasteiger partial charge is 0.478 e. The minimum Gasteiger partial charge on any atom is -0.478 e. The van der Waals surface area contributed by atoms with Crippen molar-refractivity contribution in [1.82, 2.24) is 4.72 Å². The van der Waals surface area contributed by atoms with Crippen molar-refractivity contribution in [2.45, 2.75) is 24.8 Å². The lowest BCUT2D eigenvalue weighted by molar-refractivity contribution is -0.143. The van der Waals surface area contributed by atoms with E-state index in [1.807, 2.05) is 0 Å². The summed E-state index contributed by atoms with van der Waals surface area (Å²) in [5.41, 5.74) is -0.0256. The Labute approximate surface area is 123 Å². The summed E-state index contributed by atoms with van der Waals surface area (Å²) in [6, 6.07) is 3.68. The fourth-order valence-corrected chi connectivity index (χ4v) is 2.93. The molecule has 0 spiro atoms. The predicted molar refractivity (Wildman–Crippen MR) is 74.4 cm³/mol. The molecule has 0 heterocycles. The summed E-state index contributed by atoms with van der Waals surface area (Å²) in [6.07, 6.45) is 0. The van der Waals surface area contributed by atoms with E-state index in [2.05, 4.69) is 9.46 Å². The van der Waals surface area contributed by atoms with Crippen LogP contribution in [0.5, 0.6) is 0 Å². The zero-order valence-electron chi connectivity index (χ0n) is 11.9. The number of nitrogens with one attached hydrogen (secondary N) is 1. The highest BCUT2D eigenvalue weighted by atomic mass is 32.2. The van der Waals surface area contributed by atoms with Crippen molar-refractivity contribution in [2.75, 3.05) is 7.11 Å². The van der Waals surface area contributed by atoms with Gasteiger partial charge < -0.3 is 9.84 Å². The van der Waals surface area contributed by atoms with Crippen LogP contribution in [0.15, 0.2) is 29.2 Å². The smallest absolute Gasteiger partial charge is 0.335 e. The third kappa shape index (κ3) is 4.27. The summed E-state index contributed by atoms with van der Waals surface area (Å²) in [5.74, 6) is -2.14. The maximum absolute atomic E-state index is 12.2. The van der Waals surface area contributed by atoms with E-state index < -0.39 is 28.0 Å². The summed E-state index contributed by atoms with van der Waals surface area (Å²) in [4.78, 5) is 22.2. The average Bonchev–Trinajstić information content (AvgIpc) is 2.43. The molecule has 0 radical (unpaired) electrons. The molecule has 0 fully saturated rings. The Morgan fingerprint density at radius 3 is 2.10 bits per heavy atom. The lowest BCUT2D eigenvalue weighted by atomic mass is 10.1. The first-order valence-electron chi connectivity index (χ1n) is 6.12. The molecule has 0 saturated heterocycles. The highest BCUT2D eigenvalue weighted by Gasteiger charge is 2.29. The minimum absolute atomic E-state index is 0.0256. The van der Waals surface area contributed by atoms with Crippen LogP contribution in [0, 0.1) is 5.92 Å². The van der Waals surface area contributed by atoms with Gasteiger partial charge in [-0.3, -0.25) is 4.79 Å². The quantitative estimate of drug-likeness (QED) is 0.753. The number of carboxylic acids is 1. The van der Waals surface area contributed by atoms with Crippen molar-refractivity contribution in [3.05, 3.63) is 29.8 Å². The number of sulfonamides is 1. The molecule has 0 bridgehead atoms. The number of hydrogen-bond donors (Lipinski definition) is 2. The van der Waals surface area contributed by atoms with Crippen LogP contribution in [0.1, 0.15) is 24.2 Å². The first-order valence-corrected chi connectivity index (χ1v) is 7.61. The summed E-state index contributed by atoms with van der Waals surface area (Å²) in [7, 11) is -2.77. The number of rotatable bonds is 6. The van der Waals surface area contributed by atoms with Crippen molar-refractivity contribution < 1.29 is 27.9 Å². The predicted octanol–water partition coefficient (Wildman–Crippen LogP) is 0.861. The zero-order chi connectivity index (χ0) is 16.2. The second-order valence-corrected chi connectivity index (χ2v) is 6.41. The molecule has 7 nitrogen and oxygen atoms in total. The van der Waals surface area contributed by atoms with Crippen LogP contribution >= 0.6 is 0 Å². The molecule has 0 aliphatic rings. The second kappa shape index (κ2) is 6.68. The number of ether oxygens (including phenoxy) is 1. The Balaban J connectivity index is 3.04. The maximum Gasteiger partial charge on any atom is 0.335 e. The van der Waals surface area contributed by atoms with Gasteiger partial charge in [-0.1, -0.05) is 13.8 Å². The average molecular weight is 315 g/mol. The highest BCUT2D eigenvalue weighted by Crippen LogP contribution is 2.14. The topological polar surface area (TPSA) is 110 Å². The van der Waals surface area contributed by atoms with Crippen LogP contribution in [-0.4, -0.2) is 38.6 Å². The Hall–Kier alpha value is -1.93. The van der Waals surface area contributed by atoms with E-state index in [0.29, 0.717) is 0 Å². The van der Waals surface area contributed by atoms with Gasteiger partial charge in [0, 0.05) is 0 Å². The van der Waals surface area contributed by atoms with Crippen LogP contribution in [0.25, 0.3) is 0 Å². The number of carbonyl (C=O) groups is 2. The number of methoxy groups -OCH3 is 1. The number of esters is 1. The molecule has 1 atom stereocenters. The third-order valence-electron chi connectivity index (χ3n) is 2.82. The van der Waals surface area contributed by atoms with Gasteiger partial charge in [0.15, 0.2) is 0 Å². The molecule has 1 aromatic carbocycles. The number of carbonyl (C=O) groups excluding carboxylic acids is 1. The van der Waals surface area contributed by atoms with Crippen LogP contribution in [0.2, 0.25) is 0 Å². The zero-order valence-corrected chi connectivity index (χ0v) is 12.7. The van der Waals surface area contributed by atoms with Crippen LogP contribution in [-0.2, 0) is 19.6 Å². The molecule has 1 unspecified atom stereocenters. The molecule has 21 heavy (non-hydrogen) atoms. The van der Waals surface area contributed by atoms with Crippen molar-refractivity contribution in [3.63, 3.8) is 0 Å². The van der Waals surface area contributed by atoms with Crippen LogP contribution in [0.3, 0.4) is 0 Å². The summed E-state index contributed by atoms with van der Waals surface area (Å²) in [5, 5.41) is 8.78. The first-order chi connectivity index (χ1) is 9.69. The fourth-order valence-electron chi connectivity index (χ4n) is 1.60. The summed E-state index contributed by atoms with van der Waals surface area (Å²) in [6.45, 7) is 3.36. The van der Waals surface area contributed by atoms with Gasteiger partial charge in [0.2, 0.25) is 10.0 Å². The van der Waals surface area contributed by atoms with E-state index in [-0.39, 0.29) is 16.4 Å². The first kappa shape index (κ1) is 17.1. The molecule has 0 aliphatic heterocycles. The molecule has 2 N–H and O–H groups in total. The van der Waals surface area contributed by atoms with Gasteiger partial charge in [0.25, 0.3) is 0 Å². The molecular formula is C13H17NO6S. The van der Waals surface area contributed by atoms with E-state index in [4.69, 9.17) is 5.11 Å². The molecule has 8 heteroatoms. The van der Waals surface area contributed by atoms with Crippen molar-refractivity contribution in [1.29, 1.82) is 0 Å². The lowest BCUT2D eigenvalue weighted by Gasteiger charge is -2.19. The Morgan fingerprint density at radius 2 is 1.71 bits per heavy atom. The molecule has 0 aliphatic carbocycles. The Bertz CT molecular complexity index is 621. The van der Waals surface area contributed by atoms with Crippen molar-refractivity contribution in [2.24, 2.45) is 5.92 Å². The number of benzene rings is 1. The molecular weight excluding hydrogens is 298 g/mol. The van der Waals surface area contributed by atoms with Gasteiger partial charge in [0.05, 0.1) is 17.6 Å². The molecule has 0 amide bonds. The van der Waals surface area contributed by atoms with Crippen molar-refractivity contribution >= 4 is 22.0 Å². The highest BCUT2D eigenvalue weighted by molar-refractivity contribution is 7.89. The maximum atomic E-state index is 12.2. The van der Waals surface area contributed by atoms with E-state index in [0.717, 1.165) is 0 Å². The number of aromatic carboxylic acids is 1. The van der Waals surface area contributed by atoms with Crippen LogP contribution in [0.4, 0.5) is 0 Å². The van der Waals surface area contributed by atoms with Gasteiger partial charge in [-0.2, -0.15) is 4.72 Å². The summed E-state index contributed by atoms with van der Waals surface area (Å²) < 4.78 is 31.2. The van der Waals surface area contributed by atoms with E-state index in [1.165, 1.54) is 31.4 Å². The van der Waals surface area contributed by atoms with Crippen molar-refractivity contribution in [3.8, 4) is 0 Å². The van der Waals surface area contributed by atoms with Gasteiger partial charge in [-0.15, -0.1) is 0 Å². The van der Waals surface area contributed by atoms with E-state index in [1.54, 1.807) is 13.8 Å². The summed E-state index contributed by atoms with van der Waals surface area (Å²) >= 11 is 0. The minimum atomic E-state index is -3.95. The fraction of sp³-hybridized carbons (Fsp3) is 0.385. The van der Waals surface area contributed by atoms with Gasteiger partial charge >= 0.3 is 11.9 Å². The van der Waals surface area contributed by atoms with Gasteiger partial charge in [-0.25, -0.2) is 13.2 Å². The van der Waals surface area contributed by atoms with Gasteiger partial charge in [0.1, 0.15) is 6.04 Å². The third-order valence-corrected chi connectivity index (χ3v) is 4.27. The normalized spacial score (nSPS) is 13.0. The molecule has 1 aromatic rings. The monoisotopic (exact) mass is 315 g/mol. The molecule has 0 saturated carbocycles. The van der Waals surface area contributed by atoms with Crippen LogP contribution < -0.4 is 4.72 Å². The SMILES string of the molecule is COC(=O)C(NS(=O)(=O)c1ccc(C(=O)O)cc1)C(C)C. The molecule has 116 valence electrons. The molecule has 1 rings (SSSR count). The Morgan fingerprint density at radius 1 is 1.19 bits per heavy atom. The number of hydrogen-bond acceptors (Lipinski definition) is 5. The lowest BCUT2D eigenvalue weighted by Crippen LogP contribution is -2.44. The standard InChI is InChI=1S/C13H17NO6S/c1-8(2)11(13(17)20-3)14-21(18,19)10-6-4-9(5-7-10)12(15)16/h4-8,11,14H,1-3H3,(H,15,16). The Kier molecular flexibility index (Phi) is 5.45.